The molecular formula is C15H19N3OS. The first-order valence-electron chi connectivity index (χ1n) is 6.53. The lowest BCUT2D eigenvalue weighted by Gasteiger charge is -2.09. The summed E-state index contributed by atoms with van der Waals surface area (Å²) >= 11 is 1.63. The van der Waals surface area contributed by atoms with Gasteiger partial charge in [0.05, 0.1) is 6.54 Å². The maximum atomic E-state index is 11.8. The number of nitrogens with one attached hydrogen (secondary N) is 2. The van der Waals surface area contributed by atoms with Gasteiger partial charge in [0.15, 0.2) is 0 Å². The van der Waals surface area contributed by atoms with Gasteiger partial charge in [0, 0.05) is 27.9 Å². The van der Waals surface area contributed by atoms with E-state index in [1.807, 2.05) is 49.6 Å². The fourth-order valence-corrected chi connectivity index (χ4v) is 2.50. The number of nitrogen functional groups attached to an aromatic ring is 1. The highest BCUT2D eigenvalue weighted by Gasteiger charge is 2.06. The predicted molar refractivity (Wildman–Crippen MR) is 85.1 cm³/mol. The predicted octanol–water partition coefficient (Wildman–Crippen LogP) is 3.08. The van der Waals surface area contributed by atoms with Gasteiger partial charge in [0.2, 0.25) is 0 Å². The molecule has 0 spiro atoms. The molecule has 0 radical (unpaired) electrons. The normalized spacial score (nSPS) is 10.6. The molecular weight excluding hydrogens is 270 g/mol. The zero-order chi connectivity index (χ0) is 14.5. The molecule has 4 nitrogen and oxygen atoms in total. The molecule has 1 amide bonds. The van der Waals surface area contributed by atoms with Gasteiger partial charge in [0.25, 0.3) is 5.91 Å². The average Bonchev–Trinajstić information content (AvgIpc) is 2.82. The van der Waals surface area contributed by atoms with Gasteiger partial charge in [-0.05, 0) is 49.6 Å². The van der Waals surface area contributed by atoms with Crippen LogP contribution in [0, 0.1) is 0 Å². The van der Waals surface area contributed by atoms with Gasteiger partial charge in [-0.1, -0.05) is 0 Å². The van der Waals surface area contributed by atoms with Gasteiger partial charge >= 0.3 is 0 Å². The SMILES string of the molecule is CC(C)NC(=O)c1ccc(NCc2sccc2N)cc1. The standard InChI is InChI=1S/C15H19N3OS/c1-10(2)18-15(19)11-3-5-12(6-4-11)17-9-14-13(16)7-8-20-14/h3-8,10,17H,9,16H2,1-2H3,(H,18,19). The van der Waals surface area contributed by atoms with E-state index in [0.717, 1.165) is 16.3 Å². The summed E-state index contributed by atoms with van der Waals surface area (Å²) in [5.74, 6) is -0.0472. The minimum absolute atomic E-state index is 0.0472. The molecule has 2 rings (SSSR count). The maximum absolute atomic E-state index is 11.8. The Bertz CT molecular complexity index is 575. The smallest absolute Gasteiger partial charge is 0.251 e. The third-order valence-corrected chi connectivity index (χ3v) is 3.74. The van der Waals surface area contributed by atoms with Crippen LogP contribution < -0.4 is 16.4 Å². The first-order valence-corrected chi connectivity index (χ1v) is 7.41. The van der Waals surface area contributed by atoms with Crippen molar-refractivity contribution in [3.63, 3.8) is 0 Å². The van der Waals surface area contributed by atoms with E-state index in [0.29, 0.717) is 12.1 Å². The van der Waals surface area contributed by atoms with Crippen molar-refractivity contribution in [3.05, 3.63) is 46.2 Å². The molecule has 1 aromatic carbocycles. The Balaban J connectivity index is 1.95. The van der Waals surface area contributed by atoms with Gasteiger partial charge in [-0.3, -0.25) is 4.79 Å². The molecule has 0 saturated heterocycles. The minimum atomic E-state index is -0.0472. The average molecular weight is 289 g/mol. The lowest BCUT2D eigenvalue weighted by molar-refractivity contribution is 0.0943. The second-order valence-electron chi connectivity index (χ2n) is 4.86. The second kappa shape index (κ2) is 6.43. The highest BCUT2D eigenvalue weighted by Crippen LogP contribution is 2.20. The van der Waals surface area contributed by atoms with Crippen molar-refractivity contribution < 1.29 is 4.79 Å². The fourth-order valence-electron chi connectivity index (χ4n) is 1.76. The quantitative estimate of drug-likeness (QED) is 0.792. The molecule has 0 atom stereocenters. The van der Waals surface area contributed by atoms with E-state index in [4.69, 9.17) is 5.73 Å². The Morgan fingerprint density at radius 3 is 2.50 bits per heavy atom. The molecule has 1 aromatic heterocycles. The number of rotatable bonds is 5. The Morgan fingerprint density at radius 1 is 1.25 bits per heavy atom. The largest absolute Gasteiger partial charge is 0.398 e. The monoisotopic (exact) mass is 289 g/mol. The molecule has 20 heavy (non-hydrogen) atoms. The summed E-state index contributed by atoms with van der Waals surface area (Å²) in [6.45, 7) is 4.58. The Labute approximate surface area is 123 Å². The molecule has 0 aliphatic heterocycles. The molecule has 0 unspecified atom stereocenters. The van der Waals surface area contributed by atoms with Crippen LogP contribution in [0.3, 0.4) is 0 Å². The molecule has 4 N–H and O–H groups in total. The summed E-state index contributed by atoms with van der Waals surface area (Å²) in [6.07, 6.45) is 0. The number of nitrogens with two attached hydrogens (primary N) is 1. The minimum Gasteiger partial charge on any atom is -0.398 e. The van der Waals surface area contributed by atoms with Crippen LogP contribution in [0.5, 0.6) is 0 Å². The van der Waals surface area contributed by atoms with E-state index in [1.54, 1.807) is 11.3 Å². The van der Waals surface area contributed by atoms with E-state index in [9.17, 15) is 4.79 Å². The van der Waals surface area contributed by atoms with Crippen molar-refractivity contribution in [2.75, 3.05) is 11.1 Å². The molecule has 0 aliphatic carbocycles. The van der Waals surface area contributed by atoms with Gasteiger partial charge in [0.1, 0.15) is 0 Å². The van der Waals surface area contributed by atoms with Crippen LogP contribution in [-0.4, -0.2) is 11.9 Å². The summed E-state index contributed by atoms with van der Waals surface area (Å²) in [5.41, 5.74) is 8.29. The van der Waals surface area contributed by atoms with Crippen LogP contribution in [0.2, 0.25) is 0 Å². The van der Waals surface area contributed by atoms with E-state index >= 15 is 0 Å². The number of benzene rings is 1. The molecule has 1 heterocycles. The van der Waals surface area contributed by atoms with E-state index < -0.39 is 0 Å². The number of thiophene rings is 1. The number of carbonyl (C=O) groups is 1. The third kappa shape index (κ3) is 3.74. The lowest BCUT2D eigenvalue weighted by atomic mass is 10.2. The van der Waals surface area contributed by atoms with Crippen molar-refractivity contribution in [3.8, 4) is 0 Å². The zero-order valence-electron chi connectivity index (χ0n) is 11.6. The number of carbonyl (C=O) groups excluding carboxylic acids is 1. The van der Waals surface area contributed by atoms with Gasteiger partial charge in [-0.25, -0.2) is 0 Å². The van der Waals surface area contributed by atoms with Crippen molar-refractivity contribution >= 4 is 28.6 Å². The molecule has 5 heteroatoms. The van der Waals surface area contributed by atoms with Crippen LogP contribution in [0.15, 0.2) is 35.7 Å². The highest BCUT2D eigenvalue weighted by molar-refractivity contribution is 7.10. The van der Waals surface area contributed by atoms with E-state index in [2.05, 4.69) is 10.6 Å². The Morgan fingerprint density at radius 2 is 1.95 bits per heavy atom. The fraction of sp³-hybridized carbons (Fsp3) is 0.267. The zero-order valence-corrected chi connectivity index (χ0v) is 12.5. The first kappa shape index (κ1) is 14.4. The van der Waals surface area contributed by atoms with Crippen molar-refractivity contribution in [1.82, 2.24) is 5.32 Å². The maximum Gasteiger partial charge on any atom is 0.251 e. The Hall–Kier alpha value is -2.01. The van der Waals surface area contributed by atoms with Crippen LogP contribution in [0.1, 0.15) is 29.1 Å². The van der Waals surface area contributed by atoms with Crippen LogP contribution in [0.4, 0.5) is 11.4 Å². The molecule has 106 valence electrons. The van der Waals surface area contributed by atoms with Crippen molar-refractivity contribution in [2.45, 2.75) is 26.4 Å². The first-order chi connectivity index (χ1) is 9.56. The Kier molecular flexibility index (Phi) is 4.63. The molecule has 0 saturated carbocycles. The van der Waals surface area contributed by atoms with E-state index in [1.165, 1.54) is 0 Å². The van der Waals surface area contributed by atoms with Gasteiger partial charge < -0.3 is 16.4 Å². The molecule has 2 aromatic rings. The van der Waals surface area contributed by atoms with Crippen LogP contribution >= 0.6 is 11.3 Å². The van der Waals surface area contributed by atoms with Gasteiger partial charge in [-0.15, -0.1) is 11.3 Å². The summed E-state index contributed by atoms with van der Waals surface area (Å²) < 4.78 is 0. The second-order valence-corrected chi connectivity index (χ2v) is 5.86. The number of hydrogen-bond donors (Lipinski definition) is 3. The van der Waals surface area contributed by atoms with Crippen LogP contribution in [0.25, 0.3) is 0 Å². The molecule has 0 fully saturated rings. The van der Waals surface area contributed by atoms with Crippen molar-refractivity contribution in [2.24, 2.45) is 0 Å². The summed E-state index contributed by atoms with van der Waals surface area (Å²) in [6, 6.07) is 9.48. The number of anilines is 2. The number of amides is 1. The van der Waals surface area contributed by atoms with Crippen molar-refractivity contribution in [1.29, 1.82) is 0 Å². The summed E-state index contributed by atoms with van der Waals surface area (Å²) in [4.78, 5) is 12.9. The summed E-state index contributed by atoms with van der Waals surface area (Å²) in [5, 5.41) is 8.14. The summed E-state index contributed by atoms with van der Waals surface area (Å²) in [7, 11) is 0. The number of hydrogen-bond acceptors (Lipinski definition) is 4. The van der Waals surface area contributed by atoms with Crippen LogP contribution in [-0.2, 0) is 6.54 Å². The van der Waals surface area contributed by atoms with E-state index in [-0.39, 0.29) is 11.9 Å². The molecule has 0 bridgehead atoms. The molecule has 0 aliphatic rings. The topological polar surface area (TPSA) is 67.2 Å². The lowest BCUT2D eigenvalue weighted by Crippen LogP contribution is -2.29. The third-order valence-electron chi connectivity index (χ3n) is 2.80. The van der Waals surface area contributed by atoms with Gasteiger partial charge in [-0.2, -0.15) is 0 Å². The highest BCUT2D eigenvalue weighted by atomic mass is 32.1.